The summed E-state index contributed by atoms with van der Waals surface area (Å²) >= 11 is 0. The van der Waals surface area contributed by atoms with E-state index in [4.69, 9.17) is 0 Å². The molecule has 2 saturated heterocycles. The van der Waals surface area contributed by atoms with Crippen LogP contribution in [0.1, 0.15) is 64.2 Å². The molecule has 1 unspecified atom stereocenters. The minimum atomic E-state index is -2.48. The average Bonchev–Trinajstić information content (AvgIpc) is 2.77. The Morgan fingerprint density at radius 3 is 2.33 bits per heavy atom. The second-order valence-corrected chi connectivity index (χ2v) is 8.99. The number of imide groups is 1. The standard InChI is InChI=1S/C24H34F2N4O3/c25-24(26)13-16-30(17-14-24)15-5-3-1-2-4-6-21(31)28-19-9-7-18(8-10-19)27-20-11-12-22(32)29-23(20)33/h7-10,20,27H,1-6,11-17H2,(H,28,31)(H,29,32,33). The third-order valence-corrected chi connectivity index (χ3v) is 6.21. The summed E-state index contributed by atoms with van der Waals surface area (Å²) in [6.07, 6.45) is 6.07. The third-order valence-electron chi connectivity index (χ3n) is 6.21. The van der Waals surface area contributed by atoms with E-state index in [1.807, 2.05) is 0 Å². The lowest BCUT2D eigenvalue weighted by atomic mass is 10.1. The molecule has 2 heterocycles. The number of nitrogens with zero attached hydrogens (tertiary/aromatic N) is 1. The number of hydrogen-bond acceptors (Lipinski definition) is 5. The monoisotopic (exact) mass is 464 g/mol. The first-order valence-corrected chi connectivity index (χ1v) is 11.9. The number of anilines is 2. The second-order valence-electron chi connectivity index (χ2n) is 8.99. The third kappa shape index (κ3) is 8.72. The molecule has 0 spiro atoms. The first kappa shape index (κ1) is 25.1. The Bertz CT molecular complexity index is 806. The number of unbranched alkanes of at least 4 members (excludes halogenated alkanes) is 4. The van der Waals surface area contributed by atoms with Crippen molar-refractivity contribution in [3.63, 3.8) is 0 Å². The summed E-state index contributed by atoms with van der Waals surface area (Å²) in [7, 11) is 0. The van der Waals surface area contributed by atoms with Crippen molar-refractivity contribution in [1.29, 1.82) is 0 Å². The summed E-state index contributed by atoms with van der Waals surface area (Å²) in [4.78, 5) is 37.3. The first-order chi connectivity index (χ1) is 15.8. The highest BCUT2D eigenvalue weighted by Crippen LogP contribution is 2.27. The smallest absolute Gasteiger partial charge is 0.250 e. The van der Waals surface area contributed by atoms with Crippen molar-refractivity contribution in [1.82, 2.24) is 10.2 Å². The Labute approximate surface area is 193 Å². The maximum absolute atomic E-state index is 13.2. The Morgan fingerprint density at radius 2 is 1.64 bits per heavy atom. The van der Waals surface area contributed by atoms with Crippen molar-refractivity contribution in [2.45, 2.75) is 76.2 Å². The van der Waals surface area contributed by atoms with Gasteiger partial charge < -0.3 is 15.5 Å². The molecule has 182 valence electrons. The van der Waals surface area contributed by atoms with E-state index in [-0.39, 0.29) is 30.6 Å². The maximum Gasteiger partial charge on any atom is 0.250 e. The molecule has 2 aliphatic rings. The van der Waals surface area contributed by atoms with Gasteiger partial charge in [-0.15, -0.1) is 0 Å². The number of nitrogens with one attached hydrogen (secondary N) is 3. The van der Waals surface area contributed by atoms with E-state index >= 15 is 0 Å². The summed E-state index contributed by atoms with van der Waals surface area (Å²) in [6, 6.07) is 6.71. The highest BCUT2D eigenvalue weighted by Gasteiger charge is 2.33. The molecule has 0 aliphatic carbocycles. The number of rotatable bonds is 11. The number of carbonyl (C=O) groups is 3. The lowest BCUT2D eigenvalue weighted by Crippen LogP contribution is -2.47. The van der Waals surface area contributed by atoms with E-state index in [9.17, 15) is 23.2 Å². The quantitative estimate of drug-likeness (QED) is 0.341. The Hall–Kier alpha value is -2.55. The van der Waals surface area contributed by atoms with Gasteiger partial charge in [0.05, 0.1) is 0 Å². The number of piperidine rings is 2. The fraction of sp³-hybridized carbons (Fsp3) is 0.625. The summed E-state index contributed by atoms with van der Waals surface area (Å²) in [6.45, 7) is 1.85. The molecule has 33 heavy (non-hydrogen) atoms. The van der Waals surface area contributed by atoms with Gasteiger partial charge in [0.15, 0.2) is 0 Å². The topological polar surface area (TPSA) is 90.5 Å². The molecule has 0 bridgehead atoms. The number of likely N-dealkylation sites (tertiary alicyclic amines) is 1. The molecule has 2 fully saturated rings. The van der Waals surface area contributed by atoms with Crippen LogP contribution < -0.4 is 16.0 Å². The summed E-state index contributed by atoms with van der Waals surface area (Å²) in [5, 5.41) is 8.30. The lowest BCUT2D eigenvalue weighted by molar-refractivity contribution is -0.133. The Balaban J connectivity index is 1.23. The molecule has 0 aromatic heterocycles. The van der Waals surface area contributed by atoms with Crippen LogP contribution in [0.2, 0.25) is 0 Å². The van der Waals surface area contributed by atoms with Crippen LogP contribution in [0.5, 0.6) is 0 Å². The minimum Gasteiger partial charge on any atom is -0.374 e. The van der Waals surface area contributed by atoms with Crippen molar-refractivity contribution in [2.75, 3.05) is 30.3 Å². The largest absolute Gasteiger partial charge is 0.374 e. The van der Waals surface area contributed by atoms with E-state index in [0.717, 1.165) is 44.3 Å². The van der Waals surface area contributed by atoms with Crippen LogP contribution in [0.25, 0.3) is 0 Å². The molecule has 0 saturated carbocycles. The molecule has 1 aromatic carbocycles. The maximum atomic E-state index is 13.2. The SMILES string of the molecule is O=C1CCC(Nc2ccc(NC(=O)CCCCCCCN3CCC(F)(F)CC3)cc2)C(=O)N1. The van der Waals surface area contributed by atoms with Crippen LogP contribution in [0, 0.1) is 0 Å². The van der Waals surface area contributed by atoms with Crippen molar-refractivity contribution in [3.05, 3.63) is 24.3 Å². The Morgan fingerprint density at radius 1 is 1.00 bits per heavy atom. The number of hydrogen-bond donors (Lipinski definition) is 3. The summed E-state index contributed by atoms with van der Waals surface area (Å²) in [5.74, 6) is -3.08. The first-order valence-electron chi connectivity index (χ1n) is 11.9. The zero-order valence-corrected chi connectivity index (χ0v) is 19.0. The van der Waals surface area contributed by atoms with Gasteiger partial charge in [-0.25, -0.2) is 8.78 Å². The molecular formula is C24H34F2N4O3. The predicted octanol–water partition coefficient (Wildman–Crippen LogP) is 3.91. The van der Waals surface area contributed by atoms with E-state index < -0.39 is 12.0 Å². The molecule has 0 radical (unpaired) electrons. The zero-order valence-electron chi connectivity index (χ0n) is 19.0. The number of alkyl halides is 2. The van der Waals surface area contributed by atoms with E-state index in [1.54, 1.807) is 24.3 Å². The van der Waals surface area contributed by atoms with Crippen molar-refractivity contribution < 1.29 is 23.2 Å². The minimum absolute atomic E-state index is 0.0266. The van der Waals surface area contributed by atoms with Gasteiger partial charge in [-0.1, -0.05) is 19.3 Å². The van der Waals surface area contributed by atoms with Gasteiger partial charge in [-0.2, -0.15) is 0 Å². The van der Waals surface area contributed by atoms with Gasteiger partial charge in [0.1, 0.15) is 6.04 Å². The van der Waals surface area contributed by atoms with Crippen LogP contribution in [0.4, 0.5) is 20.2 Å². The van der Waals surface area contributed by atoms with Crippen LogP contribution in [-0.4, -0.2) is 54.2 Å². The normalized spacial score (nSPS) is 20.8. The highest BCUT2D eigenvalue weighted by atomic mass is 19.3. The molecule has 1 aromatic rings. The van der Waals surface area contributed by atoms with Crippen LogP contribution in [0.3, 0.4) is 0 Å². The molecule has 3 amide bonds. The number of benzene rings is 1. The van der Waals surface area contributed by atoms with E-state index in [1.165, 1.54) is 0 Å². The van der Waals surface area contributed by atoms with Crippen molar-refractivity contribution >= 4 is 29.1 Å². The molecule has 7 nitrogen and oxygen atoms in total. The fourth-order valence-corrected chi connectivity index (χ4v) is 4.16. The van der Waals surface area contributed by atoms with E-state index in [0.29, 0.717) is 38.0 Å². The average molecular weight is 465 g/mol. The number of carbonyl (C=O) groups excluding carboxylic acids is 3. The van der Waals surface area contributed by atoms with Gasteiger partial charge >= 0.3 is 0 Å². The van der Waals surface area contributed by atoms with Gasteiger partial charge in [-0.05, 0) is 50.1 Å². The van der Waals surface area contributed by atoms with Crippen LogP contribution in [-0.2, 0) is 14.4 Å². The van der Waals surface area contributed by atoms with Crippen LogP contribution in [0.15, 0.2) is 24.3 Å². The molecule has 2 aliphatic heterocycles. The second kappa shape index (κ2) is 12.1. The number of amides is 3. The van der Waals surface area contributed by atoms with E-state index in [2.05, 4.69) is 20.9 Å². The summed E-state index contributed by atoms with van der Waals surface area (Å²) in [5.41, 5.74) is 1.45. The fourth-order valence-electron chi connectivity index (χ4n) is 4.16. The van der Waals surface area contributed by atoms with Gasteiger partial charge in [0.25, 0.3) is 5.92 Å². The molecule has 3 rings (SSSR count). The molecule has 3 N–H and O–H groups in total. The summed E-state index contributed by atoms with van der Waals surface area (Å²) < 4.78 is 26.3. The predicted molar refractivity (Wildman–Crippen MR) is 123 cm³/mol. The van der Waals surface area contributed by atoms with Crippen molar-refractivity contribution in [2.24, 2.45) is 0 Å². The molecule has 1 atom stereocenters. The zero-order chi connectivity index (χ0) is 23.7. The highest BCUT2D eigenvalue weighted by molar-refractivity contribution is 6.01. The van der Waals surface area contributed by atoms with Crippen LogP contribution >= 0.6 is 0 Å². The number of halogens is 2. The van der Waals surface area contributed by atoms with Gasteiger partial charge in [-0.3, -0.25) is 19.7 Å². The van der Waals surface area contributed by atoms with Crippen molar-refractivity contribution in [3.8, 4) is 0 Å². The lowest BCUT2D eigenvalue weighted by Gasteiger charge is -2.31. The molecule has 9 heteroatoms. The van der Waals surface area contributed by atoms with Gasteiger partial charge in [0.2, 0.25) is 17.7 Å². The molecular weight excluding hydrogens is 430 g/mol. The van der Waals surface area contributed by atoms with Gasteiger partial charge in [0, 0.05) is 50.1 Å². The Kier molecular flexibility index (Phi) is 9.17.